The minimum Gasteiger partial charge on any atom is -0.395 e. The number of aliphatic hydroxyl groups is 1. The first-order valence-corrected chi connectivity index (χ1v) is 7.28. The van der Waals surface area contributed by atoms with Crippen LogP contribution < -0.4 is 5.32 Å². The molecule has 0 aromatic carbocycles. The molecule has 0 spiro atoms. The van der Waals surface area contributed by atoms with Crippen LogP contribution >= 0.6 is 0 Å². The van der Waals surface area contributed by atoms with Crippen molar-refractivity contribution in [3.8, 4) is 0 Å². The third kappa shape index (κ3) is 6.10. The molecule has 1 atom stereocenters. The average molecular weight is 252 g/mol. The van der Waals surface area contributed by atoms with Gasteiger partial charge in [0, 0.05) is 18.9 Å². The number of hydrogen-bond acceptors (Lipinski definition) is 3. The van der Waals surface area contributed by atoms with E-state index < -0.39 is 0 Å². The van der Waals surface area contributed by atoms with Gasteiger partial charge in [0.15, 0.2) is 0 Å². The minimum absolute atomic E-state index is 0.228. The highest BCUT2D eigenvalue weighted by atomic mass is 16.3. The Labute approximate surface area is 112 Å². The van der Waals surface area contributed by atoms with E-state index >= 15 is 0 Å². The van der Waals surface area contributed by atoms with Crippen LogP contribution in [0.25, 0.3) is 0 Å². The first kappa shape index (κ1) is 15.1. The van der Waals surface area contributed by atoms with Crippen LogP contribution in [0.3, 0.4) is 0 Å². The van der Waals surface area contributed by atoms with Crippen LogP contribution in [0.4, 0.5) is 0 Å². The Morgan fingerprint density at radius 3 is 2.61 bits per heavy atom. The molecule has 104 valence electrons. The summed E-state index contributed by atoms with van der Waals surface area (Å²) >= 11 is 0. The topological polar surface area (TPSA) is 35.5 Å². The Hall–Kier alpha value is -0.960. The number of nitrogens with zero attached hydrogens (tertiary/aromatic N) is 1. The van der Waals surface area contributed by atoms with Gasteiger partial charge in [-0.15, -0.1) is 6.58 Å². The predicted octanol–water partition coefficient (Wildman–Crippen LogP) is 2.99. The smallest absolute Gasteiger partial charge is 0.0982 e. The van der Waals surface area contributed by atoms with Crippen molar-refractivity contribution in [3.05, 3.63) is 25.1 Å². The molecule has 0 saturated carbocycles. The van der Waals surface area contributed by atoms with Crippen molar-refractivity contribution in [1.29, 1.82) is 0 Å². The highest BCUT2D eigenvalue weighted by Gasteiger charge is 2.16. The molecule has 3 heteroatoms. The maximum atomic E-state index is 8.95. The molecule has 0 saturated heterocycles. The third-order valence-corrected chi connectivity index (χ3v) is 3.45. The number of unbranched alkanes of at least 4 members (excludes halogenated alkanes) is 6. The monoisotopic (exact) mass is 252 g/mol. The van der Waals surface area contributed by atoms with Crippen LogP contribution in [0.1, 0.15) is 51.4 Å². The van der Waals surface area contributed by atoms with E-state index in [0.29, 0.717) is 6.17 Å². The van der Waals surface area contributed by atoms with Crippen LogP contribution in [0.5, 0.6) is 0 Å². The average Bonchev–Trinajstić information content (AvgIpc) is 2.81. The van der Waals surface area contributed by atoms with Crippen molar-refractivity contribution in [3.63, 3.8) is 0 Å². The SMILES string of the molecule is C=CCCCCCCCCC1NC=CN1CCO. The van der Waals surface area contributed by atoms with Gasteiger partial charge < -0.3 is 15.3 Å². The van der Waals surface area contributed by atoms with E-state index in [2.05, 4.69) is 16.8 Å². The number of allylic oxidation sites excluding steroid dienone is 1. The largest absolute Gasteiger partial charge is 0.395 e. The van der Waals surface area contributed by atoms with E-state index in [4.69, 9.17) is 5.11 Å². The zero-order valence-corrected chi connectivity index (χ0v) is 11.5. The van der Waals surface area contributed by atoms with Gasteiger partial charge in [0.25, 0.3) is 0 Å². The van der Waals surface area contributed by atoms with Gasteiger partial charge in [-0.2, -0.15) is 0 Å². The zero-order chi connectivity index (χ0) is 13.1. The van der Waals surface area contributed by atoms with Crippen molar-refractivity contribution < 1.29 is 5.11 Å². The molecule has 0 fully saturated rings. The molecule has 1 aliphatic heterocycles. The van der Waals surface area contributed by atoms with Gasteiger partial charge in [0.1, 0.15) is 0 Å². The second-order valence-corrected chi connectivity index (χ2v) is 4.95. The third-order valence-electron chi connectivity index (χ3n) is 3.45. The second-order valence-electron chi connectivity index (χ2n) is 4.95. The molecule has 1 rings (SSSR count). The molecular formula is C15H28N2O. The van der Waals surface area contributed by atoms with Gasteiger partial charge in [-0.05, 0) is 25.7 Å². The summed E-state index contributed by atoms with van der Waals surface area (Å²) in [4.78, 5) is 2.18. The summed E-state index contributed by atoms with van der Waals surface area (Å²) in [5.41, 5.74) is 0. The molecule has 3 nitrogen and oxygen atoms in total. The molecule has 1 heterocycles. The van der Waals surface area contributed by atoms with Crippen LogP contribution in [0.2, 0.25) is 0 Å². The molecule has 18 heavy (non-hydrogen) atoms. The molecule has 0 aliphatic carbocycles. The molecule has 0 aromatic heterocycles. The van der Waals surface area contributed by atoms with E-state index in [-0.39, 0.29) is 6.61 Å². The fourth-order valence-electron chi connectivity index (χ4n) is 2.38. The van der Waals surface area contributed by atoms with E-state index in [1.807, 2.05) is 18.5 Å². The lowest BCUT2D eigenvalue weighted by atomic mass is 10.1. The second kappa shape index (κ2) is 10.0. The normalized spacial score (nSPS) is 18.1. The van der Waals surface area contributed by atoms with Gasteiger partial charge in [0.2, 0.25) is 0 Å². The lowest BCUT2D eigenvalue weighted by Crippen LogP contribution is -2.36. The van der Waals surface area contributed by atoms with Crippen LogP contribution in [-0.4, -0.2) is 29.3 Å². The van der Waals surface area contributed by atoms with Gasteiger partial charge in [-0.1, -0.05) is 31.8 Å². The molecule has 1 unspecified atom stereocenters. The van der Waals surface area contributed by atoms with Crippen molar-refractivity contribution >= 4 is 0 Å². The summed E-state index contributed by atoms with van der Waals surface area (Å²) in [6.45, 7) is 4.70. The molecule has 0 amide bonds. The van der Waals surface area contributed by atoms with Gasteiger partial charge in [-0.25, -0.2) is 0 Å². The maximum absolute atomic E-state index is 8.95. The molecular weight excluding hydrogens is 224 g/mol. The van der Waals surface area contributed by atoms with Crippen molar-refractivity contribution in [1.82, 2.24) is 10.2 Å². The number of β-amino-alcohol motifs (C(OH)–C–C–N with tert-alkyl or cyclic N) is 1. The van der Waals surface area contributed by atoms with Crippen LogP contribution in [0.15, 0.2) is 25.1 Å². The summed E-state index contributed by atoms with van der Waals surface area (Å²) < 4.78 is 0. The van der Waals surface area contributed by atoms with E-state index in [0.717, 1.165) is 13.0 Å². The number of nitrogens with one attached hydrogen (secondary N) is 1. The summed E-state index contributed by atoms with van der Waals surface area (Å²) in [7, 11) is 0. The van der Waals surface area contributed by atoms with Crippen LogP contribution in [0, 0.1) is 0 Å². The van der Waals surface area contributed by atoms with Crippen molar-refractivity contribution in [2.75, 3.05) is 13.2 Å². The Balaban J connectivity index is 1.93. The minimum atomic E-state index is 0.228. The first-order chi connectivity index (χ1) is 8.88. The Bertz CT molecular complexity index is 241. The lowest BCUT2D eigenvalue weighted by Gasteiger charge is -2.24. The number of aliphatic hydroxyl groups excluding tert-OH is 1. The highest BCUT2D eigenvalue weighted by molar-refractivity contribution is 4.93. The van der Waals surface area contributed by atoms with Gasteiger partial charge in [0.05, 0.1) is 12.8 Å². The van der Waals surface area contributed by atoms with Crippen molar-refractivity contribution in [2.24, 2.45) is 0 Å². The zero-order valence-electron chi connectivity index (χ0n) is 11.5. The molecule has 0 bridgehead atoms. The molecule has 0 aromatic rings. The number of rotatable bonds is 11. The summed E-state index contributed by atoms with van der Waals surface area (Å²) in [6, 6.07) is 0. The van der Waals surface area contributed by atoms with E-state index in [1.165, 1.54) is 44.9 Å². The summed E-state index contributed by atoms with van der Waals surface area (Å²) in [5, 5.41) is 12.3. The Morgan fingerprint density at radius 1 is 1.17 bits per heavy atom. The van der Waals surface area contributed by atoms with Crippen LogP contribution in [-0.2, 0) is 0 Å². The maximum Gasteiger partial charge on any atom is 0.0982 e. The van der Waals surface area contributed by atoms with Gasteiger partial charge >= 0.3 is 0 Å². The number of hydrogen-bond donors (Lipinski definition) is 2. The standard InChI is InChI=1S/C15H28N2O/c1-2-3-4-5-6-7-8-9-10-15-16-11-12-17(15)13-14-18/h2,11-12,15-16,18H,1,3-10,13-14H2. The quantitative estimate of drug-likeness (QED) is 0.438. The van der Waals surface area contributed by atoms with Gasteiger partial charge in [-0.3, -0.25) is 0 Å². The fraction of sp³-hybridized carbons (Fsp3) is 0.733. The summed E-state index contributed by atoms with van der Waals surface area (Å²) in [6.07, 6.45) is 16.7. The first-order valence-electron chi connectivity index (χ1n) is 7.28. The Morgan fingerprint density at radius 2 is 1.89 bits per heavy atom. The predicted molar refractivity (Wildman–Crippen MR) is 77.0 cm³/mol. The van der Waals surface area contributed by atoms with Crippen molar-refractivity contribution in [2.45, 2.75) is 57.5 Å². The Kier molecular flexibility index (Phi) is 8.40. The fourth-order valence-corrected chi connectivity index (χ4v) is 2.38. The lowest BCUT2D eigenvalue weighted by molar-refractivity contribution is 0.194. The highest BCUT2D eigenvalue weighted by Crippen LogP contribution is 2.14. The molecule has 2 N–H and O–H groups in total. The van der Waals surface area contributed by atoms with E-state index in [1.54, 1.807) is 0 Å². The van der Waals surface area contributed by atoms with E-state index in [9.17, 15) is 0 Å². The summed E-state index contributed by atoms with van der Waals surface area (Å²) in [5.74, 6) is 0. The molecule has 0 radical (unpaired) electrons. The molecule has 1 aliphatic rings.